The van der Waals surface area contributed by atoms with Crippen LogP contribution in [0.4, 0.5) is 5.69 Å². The number of amidine groups is 1. The fourth-order valence-corrected chi connectivity index (χ4v) is 7.12. The van der Waals surface area contributed by atoms with E-state index in [1.807, 2.05) is 50.8 Å². The third-order valence-corrected chi connectivity index (χ3v) is 8.14. The molecule has 0 spiro atoms. The van der Waals surface area contributed by atoms with E-state index >= 15 is 0 Å². The van der Waals surface area contributed by atoms with E-state index in [0.717, 1.165) is 23.2 Å². The number of fused-ring (bicyclic) bond motifs is 1. The Morgan fingerprint density at radius 2 is 2.08 bits per heavy atom. The summed E-state index contributed by atoms with van der Waals surface area (Å²) in [6, 6.07) is 5.96. The van der Waals surface area contributed by atoms with Gasteiger partial charge < -0.3 is 4.90 Å². The molecule has 1 aromatic rings. The molecule has 2 heterocycles. The summed E-state index contributed by atoms with van der Waals surface area (Å²) in [5.74, 6) is 0.00956. The van der Waals surface area contributed by atoms with Gasteiger partial charge in [0.1, 0.15) is 0 Å². The Bertz CT molecular complexity index is 833. The maximum Gasteiger partial charge on any atom is 0.250 e. The molecule has 7 heteroatoms. The smallest absolute Gasteiger partial charge is 0.250 e. The Hall–Kier alpha value is -1.34. The fourth-order valence-electron chi connectivity index (χ4n) is 3.20. The van der Waals surface area contributed by atoms with Crippen LogP contribution < -0.4 is 4.90 Å². The molecular weight excluding hydrogens is 356 g/mol. The summed E-state index contributed by atoms with van der Waals surface area (Å²) < 4.78 is 24.2. The average Bonchev–Trinajstić information content (AvgIpc) is 3.00. The number of amides is 1. The van der Waals surface area contributed by atoms with Crippen molar-refractivity contribution in [2.75, 3.05) is 16.4 Å². The van der Waals surface area contributed by atoms with E-state index in [4.69, 9.17) is 0 Å². The van der Waals surface area contributed by atoms with Gasteiger partial charge in [-0.15, -0.1) is 0 Å². The first-order valence-corrected chi connectivity index (χ1v) is 11.3. The summed E-state index contributed by atoms with van der Waals surface area (Å²) >= 11 is 1.43. The van der Waals surface area contributed by atoms with Crippen molar-refractivity contribution >= 4 is 38.4 Å². The Morgan fingerprint density at radius 1 is 1.36 bits per heavy atom. The average molecular weight is 381 g/mol. The summed E-state index contributed by atoms with van der Waals surface area (Å²) in [4.78, 5) is 18.7. The molecule has 0 aromatic heterocycles. The summed E-state index contributed by atoms with van der Waals surface area (Å²) in [7, 11) is -3.04. The number of aryl methyl sites for hydroxylation is 2. The molecule has 0 unspecified atom stereocenters. The predicted molar refractivity (Wildman–Crippen MR) is 104 cm³/mol. The Labute approximate surface area is 153 Å². The second-order valence-electron chi connectivity index (χ2n) is 7.00. The van der Waals surface area contributed by atoms with E-state index in [0.29, 0.717) is 5.17 Å². The quantitative estimate of drug-likeness (QED) is 0.806. The van der Waals surface area contributed by atoms with Crippen LogP contribution in [0.25, 0.3) is 0 Å². The molecule has 0 radical (unpaired) electrons. The number of nitrogens with zero attached hydrogens (tertiary/aromatic N) is 2. The van der Waals surface area contributed by atoms with Gasteiger partial charge in [0.25, 0.3) is 5.91 Å². The van der Waals surface area contributed by atoms with Gasteiger partial charge in [0.15, 0.2) is 15.0 Å². The third-order valence-electron chi connectivity index (χ3n) is 4.93. The number of benzene rings is 1. The number of hydrogen-bond donors (Lipinski definition) is 0. The highest BCUT2D eigenvalue weighted by atomic mass is 32.2. The molecule has 136 valence electrons. The molecule has 0 N–H and O–H groups in total. The second kappa shape index (κ2) is 6.76. The predicted octanol–water partition coefficient (Wildman–Crippen LogP) is 2.95. The summed E-state index contributed by atoms with van der Waals surface area (Å²) in [5.41, 5.74) is 3.11. The van der Waals surface area contributed by atoms with E-state index in [2.05, 4.69) is 4.99 Å². The minimum Gasteiger partial charge on any atom is -0.315 e. The summed E-state index contributed by atoms with van der Waals surface area (Å²) in [5, 5.41) is 0.581. The minimum absolute atomic E-state index is 0.0617. The highest BCUT2D eigenvalue weighted by molar-refractivity contribution is 8.16. The van der Waals surface area contributed by atoms with Crippen molar-refractivity contribution in [3.8, 4) is 0 Å². The van der Waals surface area contributed by atoms with Crippen LogP contribution in [0.2, 0.25) is 0 Å². The van der Waals surface area contributed by atoms with E-state index < -0.39 is 9.84 Å². The molecule has 3 rings (SSSR count). The molecule has 3 atom stereocenters. The standard InChI is InChI=1S/C18H24N2O3S2/c1-5-12(3)17(21)19-18-20(14-8-11(2)6-7-13(14)4)15-9-25(22,23)10-16(15)24-18/h6-8,12,15-16H,5,9-10H2,1-4H3/t12-,15-,16-/m0/s1. The molecule has 2 fully saturated rings. The van der Waals surface area contributed by atoms with Gasteiger partial charge in [-0.3, -0.25) is 4.79 Å². The number of anilines is 1. The van der Waals surface area contributed by atoms with Crippen LogP contribution >= 0.6 is 11.8 Å². The van der Waals surface area contributed by atoms with Gasteiger partial charge in [0, 0.05) is 16.9 Å². The molecule has 25 heavy (non-hydrogen) atoms. The minimum atomic E-state index is -3.04. The number of hydrogen-bond acceptors (Lipinski definition) is 4. The zero-order chi connectivity index (χ0) is 18.4. The molecule has 0 bridgehead atoms. The highest BCUT2D eigenvalue weighted by Crippen LogP contribution is 2.42. The molecule has 2 saturated heterocycles. The Kier molecular flexibility index (Phi) is 4.99. The highest BCUT2D eigenvalue weighted by Gasteiger charge is 2.49. The lowest BCUT2D eigenvalue weighted by Gasteiger charge is -2.26. The van der Waals surface area contributed by atoms with Crippen molar-refractivity contribution in [1.82, 2.24) is 0 Å². The first kappa shape index (κ1) is 18.5. The summed E-state index contributed by atoms with van der Waals surface area (Å²) in [6.07, 6.45) is 0.741. The Balaban J connectivity index is 2.05. The lowest BCUT2D eigenvalue weighted by Crippen LogP contribution is -2.38. The van der Waals surface area contributed by atoms with Crippen molar-refractivity contribution in [3.05, 3.63) is 29.3 Å². The van der Waals surface area contributed by atoms with Crippen molar-refractivity contribution in [2.45, 2.75) is 45.4 Å². The molecule has 1 aromatic carbocycles. The van der Waals surface area contributed by atoms with Gasteiger partial charge in [-0.05, 0) is 37.5 Å². The SMILES string of the molecule is CC[C@H](C)C(=O)N=C1S[C@H]2CS(=O)(=O)C[C@@H]2N1c1cc(C)ccc1C. The molecule has 2 aliphatic heterocycles. The maximum atomic E-state index is 12.4. The van der Waals surface area contributed by atoms with Crippen LogP contribution in [0.15, 0.2) is 23.2 Å². The Morgan fingerprint density at radius 3 is 2.76 bits per heavy atom. The maximum absolute atomic E-state index is 12.4. The second-order valence-corrected chi connectivity index (χ2v) is 10.4. The molecule has 5 nitrogen and oxygen atoms in total. The normalized spacial score (nSPS) is 27.5. The van der Waals surface area contributed by atoms with Gasteiger partial charge in [-0.25, -0.2) is 8.42 Å². The van der Waals surface area contributed by atoms with Gasteiger partial charge >= 0.3 is 0 Å². The number of carbonyl (C=O) groups is 1. The number of thioether (sulfide) groups is 1. The molecule has 2 aliphatic rings. The van der Waals surface area contributed by atoms with Gasteiger partial charge in [-0.1, -0.05) is 37.7 Å². The van der Waals surface area contributed by atoms with Crippen LogP contribution in [-0.4, -0.2) is 42.3 Å². The fraction of sp³-hybridized carbons (Fsp3) is 0.556. The zero-order valence-electron chi connectivity index (χ0n) is 15.0. The number of aliphatic imine (C=N–C) groups is 1. The lowest BCUT2D eigenvalue weighted by atomic mass is 10.1. The van der Waals surface area contributed by atoms with Crippen molar-refractivity contribution in [2.24, 2.45) is 10.9 Å². The first-order valence-electron chi connectivity index (χ1n) is 8.58. The molecule has 0 saturated carbocycles. The molecule has 0 aliphatic carbocycles. The van der Waals surface area contributed by atoms with Crippen molar-refractivity contribution in [3.63, 3.8) is 0 Å². The van der Waals surface area contributed by atoms with Crippen LogP contribution in [0, 0.1) is 19.8 Å². The monoisotopic (exact) mass is 380 g/mol. The summed E-state index contributed by atoms with van der Waals surface area (Å²) in [6.45, 7) is 7.86. The van der Waals surface area contributed by atoms with Crippen molar-refractivity contribution < 1.29 is 13.2 Å². The van der Waals surface area contributed by atoms with E-state index in [9.17, 15) is 13.2 Å². The van der Waals surface area contributed by atoms with E-state index in [1.54, 1.807) is 0 Å². The van der Waals surface area contributed by atoms with Gasteiger partial charge in [0.2, 0.25) is 0 Å². The van der Waals surface area contributed by atoms with E-state index in [-0.39, 0.29) is 34.6 Å². The molecule has 1 amide bonds. The van der Waals surface area contributed by atoms with Crippen LogP contribution in [0.3, 0.4) is 0 Å². The van der Waals surface area contributed by atoms with Crippen LogP contribution in [0.1, 0.15) is 31.4 Å². The third kappa shape index (κ3) is 3.62. The number of sulfone groups is 1. The van der Waals surface area contributed by atoms with Crippen LogP contribution in [0.5, 0.6) is 0 Å². The topological polar surface area (TPSA) is 66.8 Å². The number of rotatable bonds is 3. The van der Waals surface area contributed by atoms with Crippen LogP contribution in [-0.2, 0) is 14.6 Å². The van der Waals surface area contributed by atoms with Gasteiger partial charge in [0.05, 0.1) is 17.5 Å². The number of carbonyl (C=O) groups excluding carboxylic acids is 1. The molecular formula is C18H24N2O3S2. The first-order chi connectivity index (χ1) is 11.7. The zero-order valence-corrected chi connectivity index (χ0v) is 16.7. The van der Waals surface area contributed by atoms with E-state index in [1.165, 1.54) is 11.8 Å². The van der Waals surface area contributed by atoms with Crippen molar-refractivity contribution in [1.29, 1.82) is 0 Å². The van der Waals surface area contributed by atoms with Gasteiger partial charge in [-0.2, -0.15) is 4.99 Å². The lowest BCUT2D eigenvalue weighted by molar-refractivity contribution is -0.121. The largest absolute Gasteiger partial charge is 0.315 e.